The van der Waals surface area contributed by atoms with Crippen molar-refractivity contribution in [1.29, 1.82) is 0 Å². The highest BCUT2D eigenvalue weighted by atomic mass is 127. The maximum absolute atomic E-state index is 8.55. The zero-order chi connectivity index (χ0) is 8.20. The Bertz CT molecular complexity index is 125. The number of unbranched alkanes of at least 4 members (excludes halogenated alkanes) is 1. The Morgan fingerprint density at radius 2 is 2.00 bits per heavy atom. The van der Waals surface area contributed by atoms with Crippen LogP contribution >= 0.6 is 22.6 Å². The van der Waals surface area contributed by atoms with Crippen LogP contribution in [-0.4, -0.2) is 21.3 Å². The maximum atomic E-state index is 8.55. The van der Waals surface area contributed by atoms with E-state index in [0.717, 1.165) is 12.8 Å². The molecule has 0 aromatic carbocycles. The lowest BCUT2D eigenvalue weighted by molar-refractivity contribution is -0.274. The summed E-state index contributed by atoms with van der Waals surface area (Å²) < 4.78 is 0.145. The Kier molecular flexibility index (Phi) is 4.42. The van der Waals surface area contributed by atoms with Gasteiger partial charge in [-0.3, -0.25) is 0 Å². The summed E-state index contributed by atoms with van der Waals surface area (Å²) in [4.78, 5) is 0. The number of rotatable bonds is 3. The van der Waals surface area contributed by atoms with Crippen LogP contribution in [0.1, 0.15) is 19.8 Å². The molecule has 0 saturated carbocycles. The van der Waals surface area contributed by atoms with E-state index < -0.39 is 5.97 Å². The Hall–Kier alpha value is 0.350. The van der Waals surface area contributed by atoms with Gasteiger partial charge in [0.25, 0.3) is 0 Å². The lowest BCUT2D eigenvalue weighted by atomic mass is 10.3. The molecular weight excluding hydrogens is 247 g/mol. The van der Waals surface area contributed by atoms with Crippen molar-refractivity contribution in [2.45, 2.75) is 25.7 Å². The van der Waals surface area contributed by atoms with Crippen LogP contribution in [0, 0.1) is 0 Å². The van der Waals surface area contributed by atoms with Gasteiger partial charge in [0.1, 0.15) is 0 Å². The summed E-state index contributed by atoms with van der Waals surface area (Å²) >= 11 is 1.68. The molecule has 0 atom stereocenters. The minimum Gasteiger partial charge on any atom is -0.339 e. The Labute approximate surface area is 73.5 Å². The second kappa shape index (κ2) is 4.27. The molecule has 0 heterocycles. The standard InChI is InChI=1S/C6H11IO3/c1-2-3-4-5(7)6(8,9)10/h4,8-10H,2-3H2,1H3. The molecule has 0 rings (SSSR count). The second-order valence-electron chi connectivity index (χ2n) is 1.98. The summed E-state index contributed by atoms with van der Waals surface area (Å²) in [5.41, 5.74) is 0. The molecular formula is C6H11IO3. The SMILES string of the molecule is CCCC=C(I)C(O)(O)O. The lowest BCUT2D eigenvalue weighted by Gasteiger charge is -2.12. The molecule has 0 aromatic rings. The van der Waals surface area contributed by atoms with Gasteiger partial charge in [-0.05, 0) is 29.0 Å². The quantitative estimate of drug-likeness (QED) is 0.516. The van der Waals surface area contributed by atoms with Crippen LogP contribution < -0.4 is 0 Å². The van der Waals surface area contributed by atoms with Gasteiger partial charge in [0.05, 0.1) is 3.58 Å². The van der Waals surface area contributed by atoms with E-state index in [1.807, 2.05) is 6.92 Å². The molecule has 3 nitrogen and oxygen atoms in total. The average molecular weight is 258 g/mol. The van der Waals surface area contributed by atoms with Gasteiger partial charge in [-0.15, -0.1) is 0 Å². The van der Waals surface area contributed by atoms with Gasteiger partial charge in [-0.25, -0.2) is 0 Å². The molecule has 3 N–H and O–H groups in total. The Morgan fingerprint density at radius 1 is 1.50 bits per heavy atom. The molecule has 0 radical (unpaired) electrons. The van der Waals surface area contributed by atoms with E-state index in [2.05, 4.69) is 0 Å². The highest BCUT2D eigenvalue weighted by Gasteiger charge is 2.21. The van der Waals surface area contributed by atoms with Crippen LogP contribution in [0.3, 0.4) is 0 Å². The summed E-state index contributed by atoms with van der Waals surface area (Å²) in [6.07, 6.45) is 3.24. The van der Waals surface area contributed by atoms with Gasteiger partial charge in [0.2, 0.25) is 0 Å². The first-order valence-corrected chi connectivity index (χ1v) is 4.09. The Balaban J connectivity index is 3.93. The van der Waals surface area contributed by atoms with E-state index in [9.17, 15) is 0 Å². The van der Waals surface area contributed by atoms with E-state index in [-0.39, 0.29) is 3.58 Å². The van der Waals surface area contributed by atoms with Crippen molar-refractivity contribution in [3.8, 4) is 0 Å². The molecule has 0 saturated heterocycles. The van der Waals surface area contributed by atoms with Crippen molar-refractivity contribution in [1.82, 2.24) is 0 Å². The summed E-state index contributed by atoms with van der Waals surface area (Å²) in [5.74, 6) is -2.64. The molecule has 0 fully saturated rings. The van der Waals surface area contributed by atoms with Crippen molar-refractivity contribution in [2.75, 3.05) is 0 Å². The topological polar surface area (TPSA) is 60.7 Å². The highest BCUT2D eigenvalue weighted by Crippen LogP contribution is 2.18. The third-order valence-electron chi connectivity index (χ3n) is 0.933. The van der Waals surface area contributed by atoms with E-state index in [0.29, 0.717) is 0 Å². The fourth-order valence-corrected chi connectivity index (χ4v) is 0.719. The molecule has 60 valence electrons. The van der Waals surface area contributed by atoms with Gasteiger partial charge in [-0.2, -0.15) is 0 Å². The minimum atomic E-state index is -2.64. The van der Waals surface area contributed by atoms with Gasteiger partial charge >= 0.3 is 5.97 Å². The van der Waals surface area contributed by atoms with E-state index in [4.69, 9.17) is 15.3 Å². The second-order valence-corrected chi connectivity index (χ2v) is 3.14. The normalized spacial score (nSPS) is 13.9. The first-order chi connectivity index (χ1) is 4.48. The molecule has 10 heavy (non-hydrogen) atoms. The summed E-state index contributed by atoms with van der Waals surface area (Å²) in [6.45, 7) is 1.97. The molecule has 0 aliphatic rings. The van der Waals surface area contributed by atoms with Crippen molar-refractivity contribution in [2.24, 2.45) is 0 Å². The molecule has 4 heteroatoms. The van der Waals surface area contributed by atoms with Gasteiger partial charge < -0.3 is 15.3 Å². The molecule has 0 bridgehead atoms. The molecule has 0 aromatic heterocycles. The summed E-state index contributed by atoms with van der Waals surface area (Å²) in [5, 5.41) is 25.6. The fourth-order valence-electron chi connectivity index (χ4n) is 0.408. The molecule has 0 aliphatic heterocycles. The van der Waals surface area contributed by atoms with Crippen LogP contribution in [0.5, 0.6) is 0 Å². The third kappa shape index (κ3) is 4.21. The van der Waals surface area contributed by atoms with Crippen LogP contribution in [0.4, 0.5) is 0 Å². The van der Waals surface area contributed by atoms with Crippen molar-refractivity contribution in [3.05, 3.63) is 9.66 Å². The van der Waals surface area contributed by atoms with E-state index in [1.165, 1.54) is 0 Å². The van der Waals surface area contributed by atoms with Gasteiger partial charge in [-0.1, -0.05) is 19.4 Å². The molecule has 0 spiro atoms. The smallest absolute Gasteiger partial charge is 0.310 e. The number of hydrogen-bond acceptors (Lipinski definition) is 3. The largest absolute Gasteiger partial charge is 0.339 e. The zero-order valence-corrected chi connectivity index (χ0v) is 7.87. The predicted octanol–water partition coefficient (Wildman–Crippen LogP) is 0.736. The first-order valence-electron chi connectivity index (χ1n) is 3.01. The third-order valence-corrected chi connectivity index (χ3v) is 2.10. The monoisotopic (exact) mass is 258 g/mol. The van der Waals surface area contributed by atoms with Crippen molar-refractivity contribution >= 4 is 22.6 Å². The molecule has 0 amide bonds. The minimum absolute atomic E-state index is 0.145. The molecule has 0 aliphatic carbocycles. The lowest BCUT2D eigenvalue weighted by Crippen LogP contribution is -2.26. The molecule has 0 unspecified atom stereocenters. The van der Waals surface area contributed by atoms with Gasteiger partial charge in [0, 0.05) is 0 Å². The first kappa shape index (κ1) is 10.3. The highest BCUT2D eigenvalue weighted by molar-refractivity contribution is 14.1. The Morgan fingerprint density at radius 3 is 2.30 bits per heavy atom. The summed E-state index contributed by atoms with van der Waals surface area (Å²) in [7, 11) is 0. The van der Waals surface area contributed by atoms with Crippen molar-refractivity contribution in [3.63, 3.8) is 0 Å². The average Bonchev–Trinajstić information content (AvgIpc) is 1.80. The summed E-state index contributed by atoms with van der Waals surface area (Å²) in [6, 6.07) is 0. The van der Waals surface area contributed by atoms with Crippen LogP contribution in [-0.2, 0) is 0 Å². The van der Waals surface area contributed by atoms with E-state index >= 15 is 0 Å². The zero-order valence-electron chi connectivity index (χ0n) is 5.71. The number of halogens is 1. The number of aliphatic hydroxyl groups is 3. The van der Waals surface area contributed by atoms with Crippen molar-refractivity contribution < 1.29 is 15.3 Å². The predicted molar refractivity (Wildman–Crippen MR) is 46.4 cm³/mol. The van der Waals surface area contributed by atoms with Gasteiger partial charge in [0.15, 0.2) is 0 Å². The van der Waals surface area contributed by atoms with Crippen LogP contribution in [0.15, 0.2) is 9.66 Å². The number of hydrogen-bond donors (Lipinski definition) is 3. The number of allylic oxidation sites excluding steroid dienone is 1. The maximum Gasteiger partial charge on any atom is 0.310 e. The fraction of sp³-hybridized carbons (Fsp3) is 0.667. The van der Waals surface area contributed by atoms with Crippen LogP contribution in [0.2, 0.25) is 0 Å². The van der Waals surface area contributed by atoms with Crippen LogP contribution in [0.25, 0.3) is 0 Å². The van der Waals surface area contributed by atoms with E-state index in [1.54, 1.807) is 28.7 Å².